The highest BCUT2D eigenvalue weighted by Crippen LogP contribution is 2.27. The van der Waals surface area contributed by atoms with Crippen LogP contribution in [-0.2, 0) is 0 Å². The van der Waals surface area contributed by atoms with Crippen molar-refractivity contribution in [1.29, 1.82) is 0 Å². The zero-order chi connectivity index (χ0) is 21.8. The van der Waals surface area contributed by atoms with Crippen LogP contribution in [0, 0.1) is 0 Å². The van der Waals surface area contributed by atoms with Crippen molar-refractivity contribution in [3.8, 4) is 16.8 Å². The lowest BCUT2D eigenvalue weighted by Crippen LogP contribution is -2.34. The number of carbonyl (C=O) groups excluding carboxylic acids is 1. The molecule has 3 aromatic carbocycles. The lowest BCUT2D eigenvalue weighted by Gasteiger charge is -2.11. The Balaban J connectivity index is 1.51. The summed E-state index contributed by atoms with van der Waals surface area (Å²) in [4.78, 5) is 18.5. The Morgan fingerprint density at radius 1 is 1.00 bits per heavy atom. The fraction of sp³-hybridized carbons (Fsp3) is 0.167. The molecule has 7 heteroatoms. The summed E-state index contributed by atoms with van der Waals surface area (Å²) in [6, 6.07) is 21.5. The maximum Gasteiger partial charge on any atom is 0.319 e. The molecule has 0 saturated heterocycles. The van der Waals surface area contributed by atoms with Gasteiger partial charge in [0.15, 0.2) is 0 Å². The minimum atomic E-state index is -0.205. The molecule has 1 heterocycles. The third-order valence-electron chi connectivity index (χ3n) is 5.04. The number of likely N-dealkylation sites (N-methyl/N-ethyl adjacent to an activating group) is 1. The number of anilines is 2. The Hall–Kier alpha value is -3.84. The SMILES string of the molecule is CN(C)CCNC(=O)Nc1ccc(-c2ccc3ncn(-c4ccc(N)cc4)c3c2)cc1. The number of carbonyl (C=O) groups is 1. The predicted octanol–water partition coefficient (Wildman–Crippen LogP) is 3.96. The number of nitrogens with two attached hydrogens (primary N) is 1. The van der Waals surface area contributed by atoms with Gasteiger partial charge in [-0.1, -0.05) is 18.2 Å². The molecule has 1 aromatic heterocycles. The molecule has 0 aliphatic heterocycles. The first-order chi connectivity index (χ1) is 15.0. The second kappa shape index (κ2) is 8.89. The fourth-order valence-corrected chi connectivity index (χ4v) is 3.34. The Kier molecular flexibility index (Phi) is 5.86. The van der Waals surface area contributed by atoms with E-state index in [-0.39, 0.29) is 6.03 Å². The maximum absolute atomic E-state index is 12.0. The first-order valence-electron chi connectivity index (χ1n) is 10.1. The van der Waals surface area contributed by atoms with Gasteiger partial charge in [0.05, 0.1) is 11.0 Å². The third kappa shape index (κ3) is 4.84. The van der Waals surface area contributed by atoms with Crippen molar-refractivity contribution < 1.29 is 4.79 Å². The van der Waals surface area contributed by atoms with E-state index in [9.17, 15) is 4.79 Å². The van der Waals surface area contributed by atoms with Gasteiger partial charge in [-0.3, -0.25) is 4.57 Å². The second-order valence-corrected chi connectivity index (χ2v) is 7.67. The van der Waals surface area contributed by atoms with Gasteiger partial charge in [-0.25, -0.2) is 9.78 Å². The number of hydrogen-bond acceptors (Lipinski definition) is 4. The van der Waals surface area contributed by atoms with Gasteiger partial charge in [0.2, 0.25) is 0 Å². The van der Waals surface area contributed by atoms with Crippen molar-refractivity contribution in [2.45, 2.75) is 0 Å². The highest BCUT2D eigenvalue weighted by molar-refractivity contribution is 5.90. The molecule has 7 nitrogen and oxygen atoms in total. The zero-order valence-electron chi connectivity index (χ0n) is 17.7. The molecular weight excluding hydrogens is 388 g/mol. The Morgan fingerprint density at radius 2 is 1.71 bits per heavy atom. The summed E-state index contributed by atoms with van der Waals surface area (Å²) in [7, 11) is 3.94. The number of urea groups is 1. The minimum absolute atomic E-state index is 0.205. The van der Waals surface area contributed by atoms with Crippen LogP contribution in [0.15, 0.2) is 73.1 Å². The summed E-state index contributed by atoms with van der Waals surface area (Å²) in [5.41, 5.74) is 12.4. The first kappa shape index (κ1) is 20.4. The van der Waals surface area contributed by atoms with Crippen molar-refractivity contribution in [3.63, 3.8) is 0 Å². The Morgan fingerprint density at radius 3 is 2.42 bits per heavy atom. The summed E-state index contributed by atoms with van der Waals surface area (Å²) < 4.78 is 2.05. The number of imidazole rings is 1. The van der Waals surface area contributed by atoms with E-state index in [2.05, 4.69) is 27.8 Å². The van der Waals surface area contributed by atoms with Crippen molar-refractivity contribution >= 4 is 28.4 Å². The standard InChI is InChI=1S/C24H26N6O/c1-29(2)14-13-26-24(31)28-20-8-3-17(4-9-20)18-5-12-22-23(15-18)30(16-27-22)21-10-6-19(25)7-11-21/h3-12,15-16H,13-14,25H2,1-2H3,(H2,26,28,31). The number of nitrogens with one attached hydrogen (secondary N) is 2. The van der Waals surface area contributed by atoms with Gasteiger partial charge in [0.1, 0.15) is 6.33 Å². The lowest BCUT2D eigenvalue weighted by molar-refractivity contribution is 0.250. The summed E-state index contributed by atoms with van der Waals surface area (Å²) in [6.07, 6.45) is 1.82. The summed E-state index contributed by atoms with van der Waals surface area (Å²) in [5, 5.41) is 5.70. The smallest absolute Gasteiger partial charge is 0.319 e. The molecule has 0 radical (unpaired) electrons. The van der Waals surface area contributed by atoms with Crippen LogP contribution in [0.1, 0.15) is 0 Å². The van der Waals surface area contributed by atoms with Gasteiger partial charge < -0.3 is 21.3 Å². The molecule has 0 saturated carbocycles. The fourth-order valence-electron chi connectivity index (χ4n) is 3.34. The molecule has 4 aromatic rings. The van der Waals surface area contributed by atoms with Gasteiger partial charge in [0, 0.05) is 30.2 Å². The number of hydrogen-bond donors (Lipinski definition) is 3. The largest absolute Gasteiger partial charge is 0.399 e. The van der Waals surface area contributed by atoms with Crippen LogP contribution in [-0.4, -0.2) is 47.7 Å². The van der Waals surface area contributed by atoms with E-state index in [0.717, 1.165) is 45.8 Å². The second-order valence-electron chi connectivity index (χ2n) is 7.67. The van der Waals surface area contributed by atoms with Gasteiger partial charge in [0.25, 0.3) is 0 Å². The minimum Gasteiger partial charge on any atom is -0.399 e. The van der Waals surface area contributed by atoms with Crippen LogP contribution in [0.25, 0.3) is 27.8 Å². The van der Waals surface area contributed by atoms with Crippen LogP contribution in [0.2, 0.25) is 0 Å². The lowest BCUT2D eigenvalue weighted by atomic mass is 10.0. The molecule has 0 unspecified atom stereocenters. The van der Waals surface area contributed by atoms with Crippen molar-refractivity contribution in [2.24, 2.45) is 0 Å². The van der Waals surface area contributed by atoms with Crippen molar-refractivity contribution in [3.05, 3.63) is 73.1 Å². The van der Waals surface area contributed by atoms with Gasteiger partial charge in [-0.05, 0) is 73.8 Å². The summed E-state index contributed by atoms with van der Waals surface area (Å²) in [5.74, 6) is 0. The molecule has 0 aliphatic rings. The average molecular weight is 415 g/mol. The van der Waals surface area contributed by atoms with Gasteiger partial charge in [-0.2, -0.15) is 0 Å². The Labute approximate surface area is 181 Å². The highest BCUT2D eigenvalue weighted by atomic mass is 16.2. The topological polar surface area (TPSA) is 88.2 Å². The molecule has 0 fully saturated rings. The van der Waals surface area contributed by atoms with Crippen LogP contribution in [0.3, 0.4) is 0 Å². The molecule has 0 atom stereocenters. The molecule has 31 heavy (non-hydrogen) atoms. The molecule has 4 rings (SSSR count). The number of benzene rings is 3. The Bertz CT molecular complexity index is 1180. The number of nitrogens with zero attached hydrogens (tertiary/aromatic N) is 3. The molecular formula is C24H26N6O. The predicted molar refractivity (Wildman–Crippen MR) is 126 cm³/mol. The molecule has 2 amide bonds. The van der Waals surface area contributed by atoms with E-state index in [1.807, 2.05) is 84.5 Å². The van der Waals surface area contributed by atoms with Crippen LogP contribution < -0.4 is 16.4 Å². The number of nitrogen functional groups attached to an aromatic ring is 1. The molecule has 158 valence electrons. The van der Waals surface area contributed by atoms with E-state index in [1.54, 1.807) is 0 Å². The van der Waals surface area contributed by atoms with E-state index in [0.29, 0.717) is 6.54 Å². The average Bonchev–Trinajstić information content (AvgIpc) is 3.18. The van der Waals surface area contributed by atoms with Crippen LogP contribution in [0.4, 0.5) is 16.2 Å². The first-order valence-corrected chi connectivity index (χ1v) is 10.1. The monoisotopic (exact) mass is 414 g/mol. The summed E-state index contributed by atoms with van der Waals surface area (Å²) in [6.45, 7) is 1.39. The maximum atomic E-state index is 12.0. The van der Waals surface area contributed by atoms with Crippen molar-refractivity contribution in [1.82, 2.24) is 19.8 Å². The van der Waals surface area contributed by atoms with E-state index >= 15 is 0 Å². The number of amides is 2. The van der Waals surface area contributed by atoms with Crippen LogP contribution in [0.5, 0.6) is 0 Å². The summed E-state index contributed by atoms with van der Waals surface area (Å²) >= 11 is 0. The number of aromatic nitrogens is 2. The van der Waals surface area contributed by atoms with Crippen molar-refractivity contribution in [2.75, 3.05) is 38.2 Å². The third-order valence-corrected chi connectivity index (χ3v) is 5.04. The van der Waals surface area contributed by atoms with E-state index in [1.165, 1.54) is 0 Å². The number of rotatable bonds is 6. The van der Waals surface area contributed by atoms with E-state index in [4.69, 9.17) is 5.73 Å². The van der Waals surface area contributed by atoms with E-state index < -0.39 is 0 Å². The van der Waals surface area contributed by atoms with Gasteiger partial charge in [-0.15, -0.1) is 0 Å². The number of fused-ring (bicyclic) bond motifs is 1. The zero-order valence-corrected chi connectivity index (χ0v) is 17.7. The van der Waals surface area contributed by atoms with Crippen LogP contribution >= 0.6 is 0 Å². The molecule has 0 bridgehead atoms. The molecule has 4 N–H and O–H groups in total. The molecule has 0 aliphatic carbocycles. The normalized spacial score (nSPS) is 11.1. The highest BCUT2D eigenvalue weighted by Gasteiger charge is 2.08. The molecule has 0 spiro atoms. The van der Waals surface area contributed by atoms with Gasteiger partial charge >= 0.3 is 6.03 Å². The quantitative estimate of drug-likeness (QED) is 0.417.